The third-order valence-corrected chi connectivity index (χ3v) is 7.63. The first kappa shape index (κ1) is 24.0. The molecule has 7 heteroatoms. The number of fused-ring (bicyclic) bond motifs is 4. The Bertz CT molecular complexity index is 1690. The molecule has 0 radical (unpaired) electrons. The standard InChI is InChI=1S/C31H26FN3O3/c1-16-21(5-4-6-26(16)35-15-17-7-9-20(32)13-23(17)30(35)37)28-27-22-10-8-19(31(2,3)38)11-18(22)12-24(27)25(14-34-28)29(33)36/h4-11,13-14,38H,12,15H2,1-3H3,(H2,33,36). The summed E-state index contributed by atoms with van der Waals surface area (Å²) in [4.78, 5) is 31.9. The van der Waals surface area contributed by atoms with Crippen molar-refractivity contribution >= 4 is 17.5 Å². The smallest absolute Gasteiger partial charge is 0.259 e. The van der Waals surface area contributed by atoms with Crippen molar-refractivity contribution in [2.45, 2.75) is 39.3 Å². The first-order valence-electron chi connectivity index (χ1n) is 12.4. The van der Waals surface area contributed by atoms with E-state index in [-0.39, 0.29) is 5.91 Å². The van der Waals surface area contributed by atoms with Crippen molar-refractivity contribution in [3.05, 3.63) is 106 Å². The molecule has 0 saturated heterocycles. The molecule has 6 nitrogen and oxygen atoms in total. The third-order valence-electron chi connectivity index (χ3n) is 7.63. The molecule has 0 unspecified atom stereocenters. The number of amides is 2. The van der Waals surface area contributed by atoms with Gasteiger partial charge in [0.05, 0.1) is 23.4 Å². The van der Waals surface area contributed by atoms with Gasteiger partial charge >= 0.3 is 0 Å². The molecule has 0 atom stereocenters. The molecule has 190 valence electrons. The summed E-state index contributed by atoms with van der Waals surface area (Å²) in [6.45, 7) is 5.76. The Balaban J connectivity index is 1.50. The number of hydrogen-bond donors (Lipinski definition) is 2. The Morgan fingerprint density at radius 1 is 1.05 bits per heavy atom. The Hall–Kier alpha value is -4.36. The molecule has 0 spiro atoms. The van der Waals surface area contributed by atoms with Crippen molar-refractivity contribution in [2.24, 2.45) is 5.73 Å². The zero-order chi connectivity index (χ0) is 26.9. The Labute approximate surface area is 219 Å². The summed E-state index contributed by atoms with van der Waals surface area (Å²) in [5.74, 6) is -1.23. The van der Waals surface area contributed by atoms with Gasteiger partial charge in [0, 0.05) is 28.6 Å². The Morgan fingerprint density at radius 2 is 1.84 bits per heavy atom. The van der Waals surface area contributed by atoms with Crippen LogP contribution in [-0.2, 0) is 18.6 Å². The highest BCUT2D eigenvalue weighted by Gasteiger charge is 2.32. The topological polar surface area (TPSA) is 96.5 Å². The molecule has 0 bridgehead atoms. The van der Waals surface area contributed by atoms with Crippen molar-refractivity contribution < 1.29 is 19.1 Å². The van der Waals surface area contributed by atoms with Crippen LogP contribution < -0.4 is 10.6 Å². The van der Waals surface area contributed by atoms with Crippen LogP contribution in [0.3, 0.4) is 0 Å². The van der Waals surface area contributed by atoms with E-state index in [1.807, 2.05) is 43.3 Å². The van der Waals surface area contributed by atoms with Crippen molar-refractivity contribution in [3.63, 3.8) is 0 Å². The molecule has 6 rings (SSSR count). The highest BCUT2D eigenvalue weighted by molar-refractivity contribution is 6.11. The lowest BCUT2D eigenvalue weighted by molar-refractivity contribution is 0.0785. The summed E-state index contributed by atoms with van der Waals surface area (Å²) in [5, 5.41) is 10.5. The van der Waals surface area contributed by atoms with Gasteiger partial charge in [0.1, 0.15) is 5.82 Å². The van der Waals surface area contributed by atoms with Crippen LogP contribution >= 0.6 is 0 Å². The zero-order valence-electron chi connectivity index (χ0n) is 21.3. The molecule has 0 saturated carbocycles. The van der Waals surface area contributed by atoms with Gasteiger partial charge in [0.2, 0.25) is 0 Å². The van der Waals surface area contributed by atoms with E-state index < -0.39 is 17.3 Å². The number of benzene rings is 3. The van der Waals surface area contributed by atoms with E-state index in [4.69, 9.17) is 10.7 Å². The van der Waals surface area contributed by atoms with Gasteiger partial charge in [-0.15, -0.1) is 0 Å². The maximum Gasteiger partial charge on any atom is 0.259 e. The second kappa shape index (κ2) is 8.33. The maximum atomic E-state index is 13.8. The number of rotatable bonds is 4. The highest BCUT2D eigenvalue weighted by atomic mass is 19.1. The van der Waals surface area contributed by atoms with Crippen molar-refractivity contribution in [1.82, 2.24) is 4.98 Å². The quantitative estimate of drug-likeness (QED) is 0.347. The first-order valence-corrected chi connectivity index (χ1v) is 12.4. The minimum Gasteiger partial charge on any atom is -0.386 e. The summed E-state index contributed by atoms with van der Waals surface area (Å²) in [6.07, 6.45) is 2.01. The van der Waals surface area contributed by atoms with Crippen LogP contribution in [0.4, 0.5) is 10.1 Å². The van der Waals surface area contributed by atoms with Crippen LogP contribution in [0.5, 0.6) is 0 Å². The Kier molecular flexibility index (Phi) is 5.26. The summed E-state index contributed by atoms with van der Waals surface area (Å²) in [5.41, 5.74) is 13.6. The summed E-state index contributed by atoms with van der Waals surface area (Å²) in [7, 11) is 0. The Morgan fingerprint density at radius 3 is 2.58 bits per heavy atom. The predicted molar refractivity (Wildman–Crippen MR) is 143 cm³/mol. The van der Waals surface area contributed by atoms with Crippen LogP contribution in [0.15, 0.2) is 60.8 Å². The molecule has 3 N–H and O–H groups in total. The average Bonchev–Trinajstić information content (AvgIpc) is 3.40. The van der Waals surface area contributed by atoms with E-state index in [1.165, 1.54) is 18.3 Å². The summed E-state index contributed by atoms with van der Waals surface area (Å²) < 4.78 is 13.8. The summed E-state index contributed by atoms with van der Waals surface area (Å²) >= 11 is 0. The third kappa shape index (κ3) is 3.62. The van der Waals surface area contributed by atoms with Crippen LogP contribution in [0.25, 0.3) is 22.4 Å². The lowest BCUT2D eigenvalue weighted by Gasteiger charge is -2.21. The number of primary amides is 1. The molecule has 1 aromatic heterocycles. The number of hydrogen-bond acceptors (Lipinski definition) is 4. The lowest BCUT2D eigenvalue weighted by atomic mass is 9.92. The largest absolute Gasteiger partial charge is 0.386 e. The monoisotopic (exact) mass is 507 g/mol. The number of aromatic nitrogens is 1. The van der Waals surface area contributed by atoms with Crippen molar-refractivity contribution in [1.29, 1.82) is 0 Å². The lowest BCUT2D eigenvalue weighted by Crippen LogP contribution is -2.24. The highest BCUT2D eigenvalue weighted by Crippen LogP contribution is 2.46. The molecule has 3 aromatic carbocycles. The van der Waals surface area contributed by atoms with Crippen molar-refractivity contribution in [3.8, 4) is 22.4 Å². The number of nitrogens with zero attached hydrogens (tertiary/aromatic N) is 2. The van der Waals surface area contributed by atoms with Crippen LogP contribution in [0.2, 0.25) is 0 Å². The van der Waals surface area contributed by atoms with E-state index in [0.717, 1.165) is 44.5 Å². The number of aliphatic hydroxyl groups is 1. The minimum absolute atomic E-state index is 0.244. The van der Waals surface area contributed by atoms with E-state index in [9.17, 15) is 19.1 Å². The summed E-state index contributed by atoms with van der Waals surface area (Å²) in [6, 6.07) is 15.8. The maximum absolute atomic E-state index is 13.8. The van der Waals surface area contributed by atoms with E-state index in [1.54, 1.807) is 24.8 Å². The number of nitrogens with two attached hydrogens (primary N) is 1. The number of anilines is 1. The molecule has 4 aromatic rings. The first-order chi connectivity index (χ1) is 18.0. The second-order valence-electron chi connectivity index (χ2n) is 10.5. The fourth-order valence-electron chi connectivity index (χ4n) is 5.63. The number of carbonyl (C=O) groups is 2. The fraction of sp³-hybridized carbons (Fsp3) is 0.194. The molecular formula is C31H26FN3O3. The van der Waals surface area contributed by atoms with Gasteiger partial charge < -0.3 is 15.7 Å². The SMILES string of the molecule is Cc1c(-c2ncc(C(N)=O)c3c2-c2ccc(C(C)(C)O)cc2C3)cccc1N1Cc2ccc(F)cc2C1=O. The van der Waals surface area contributed by atoms with Gasteiger partial charge in [-0.25, -0.2) is 4.39 Å². The number of pyridine rings is 1. The van der Waals surface area contributed by atoms with E-state index in [0.29, 0.717) is 35.5 Å². The molecule has 1 aliphatic carbocycles. The average molecular weight is 508 g/mol. The van der Waals surface area contributed by atoms with Crippen LogP contribution in [0.1, 0.15) is 62.4 Å². The van der Waals surface area contributed by atoms with Gasteiger partial charge in [0.15, 0.2) is 0 Å². The molecule has 2 heterocycles. The van der Waals surface area contributed by atoms with E-state index in [2.05, 4.69) is 0 Å². The molecule has 38 heavy (non-hydrogen) atoms. The molecular weight excluding hydrogens is 481 g/mol. The number of carbonyl (C=O) groups excluding carboxylic acids is 2. The van der Waals surface area contributed by atoms with Crippen LogP contribution in [0, 0.1) is 12.7 Å². The molecule has 2 amide bonds. The predicted octanol–water partition coefficient (Wildman–Crippen LogP) is 5.25. The molecule has 2 aliphatic rings. The van der Waals surface area contributed by atoms with Crippen LogP contribution in [-0.4, -0.2) is 21.9 Å². The van der Waals surface area contributed by atoms with Gasteiger partial charge in [-0.1, -0.05) is 36.4 Å². The van der Waals surface area contributed by atoms with E-state index >= 15 is 0 Å². The number of halogens is 1. The van der Waals surface area contributed by atoms with Gasteiger partial charge in [-0.3, -0.25) is 14.6 Å². The molecule has 0 fully saturated rings. The van der Waals surface area contributed by atoms with Crippen molar-refractivity contribution in [2.75, 3.05) is 4.90 Å². The van der Waals surface area contributed by atoms with Gasteiger partial charge in [-0.05, 0) is 78.8 Å². The zero-order valence-corrected chi connectivity index (χ0v) is 21.3. The van der Waals surface area contributed by atoms with Gasteiger partial charge in [0.25, 0.3) is 11.8 Å². The second-order valence-corrected chi connectivity index (χ2v) is 10.5. The molecule has 1 aliphatic heterocycles. The normalized spacial score (nSPS) is 13.9. The minimum atomic E-state index is -1.01. The van der Waals surface area contributed by atoms with Gasteiger partial charge in [-0.2, -0.15) is 0 Å². The fourth-order valence-corrected chi connectivity index (χ4v) is 5.63.